The largest absolute Gasteiger partial charge is 0.453 e. The van der Waals surface area contributed by atoms with Crippen LogP contribution >= 0.6 is 0 Å². The maximum atomic E-state index is 12.2. The molecule has 1 aromatic heterocycles. The number of rotatable bonds is 7. The number of carbonyl (C=O) groups excluding carboxylic acids is 2. The van der Waals surface area contributed by atoms with Crippen LogP contribution in [0.2, 0.25) is 0 Å². The predicted octanol–water partition coefficient (Wildman–Crippen LogP) is 1.69. The van der Waals surface area contributed by atoms with Crippen molar-refractivity contribution >= 4 is 21.8 Å². The highest BCUT2D eigenvalue weighted by Crippen LogP contribution is 2.18. The summed E-state index contributed by atoms with van der Waals surface area (Å²) in [4.78, 5) is 24.0. The van der Waals surface area contributed by atoms with Gasteiger partial charge in [0.05, 0.1) is 0 Å². The number of Topliss-reactive ketones (excluding diaryl/α,β-unsaturated/α-hetero) is 1. The van der Waals surface area contributed by atoms with E-state index in [1.54, 1.807) is 24.3 Å². The first-order valence-electron chi connectivity index (χ1n) is 7.84. The lowest BCUT2D eigenvalue weighted by atomic mass is 10.1. The van der Waals surface area contributed by atoms with Gasteiger partial charge >= 0.3 is 5.97 Å². The van der Waals surface area contributed by atoms with E-state index in [2.05, 4.69) is 9.88 Å². The highest BCUT2D eigenvalue weighted by atomic mass is 32.2. The van der Waals surface area contributed by atoms with Gasteiger partial charge in [-0.15, -0.1) is 0 Å². The number of sulfonamides is 1. The van der Waals surface area contributed by atoms with E-state index in [1.165, 1.54) is 20.8 Å². The number of hydrogen-bond acceptors (Lipinski definition) is 7. The van der Waals surface area contributed by atoms with Crippen molar-refractivity contribution in [2.45, 2.75) is 38.7 Å². The zero-order chi connectivity index (χ0) is 19.5. The molecule has 0 saturated carbocycles. The van der Waals surface area contributed by atoms with Crippen LogP contribution in [0.3, 0.4) is 0 Å². The minimum atomic E-state index is -3.98. The predicted molar refractivity (Wildman–Crippen MR) is 92.2 cm³/mol. The van der Waals surface area contributed by atoms with Gasteiger partial charge in [0.25, 0.3) is 0 Å². The second-order valence-corrected chi connectivity index (χ2v) is 7.54. The molecule has 9 heteroatoms. The molecule has 0 spiro atoms. The zero-order valence-corrected chi connectivity index (χ0v) is 15.7. The average Bonchev–Trinajstić information content (AvgIpc) is 2.92. The van der Waals surface area contributed by atoms with Crippen LogP contribution in [0.15, 0.2) is 33.7 Å². The van der Waals surface area contributed by atoms with Crippen molar-refractivity contribution < 1.29 is 27.3 Å². The molecule has 1 atom stereocenters. The van der Waals surface area contributed by atoms with E-state index in [4.69, 9.17) is 9.26 Å². The molecule has 0 fully saturated rings. The second-order valence-electron chi connectivity index (χ2n) is 5.84. The van der Waals surface area contributed by atoms with Crippen molar-refractivity contribution in [3.05, 3.63) is 46.8 Å². The number of aromatic nitrogens is 1. The van der Waals surface area contributed by atoms with Gasteiger partial charge in [-0.05, 0) is 27.7 Å². The number of esters is 1. The summed E-state index contributed by atoms with van der Waals surface area (Å²) in [5.41, 5.74) is 1.60. The van der Waals surface area contributed by atoms with Crippen LogP contribution < -0.4 is 4.72 Å². The Hall–Kier alpha value is -2.52. The van der Waals surface area contributed by atoms with E-state index in [0.717, 1.165) is 5.56 Å². The smallest absolute Gasteiger partial charge is 0.321 e. The number of hydrogen-bond donors (Lipinski definition) is 1. The van der Waals surface area contributed by atoms with Gasteiger partial charge in [0.1, 0.15) is 17.1 Å². The molecule has 1 aromatic carbocycles. The normalized spacial score (nSPS) is 12.6. The van der Waals surface area contributed by atoms with Gasteiger partial charge in [0.2, 0.25) is 15.8 Å². The molecular weight excluding hydrogens is 360 g/mol. The number of ketones is 1. The fourth-order valence-corrected chi connectivity index (χ4v) is 3.62. The van der Waals surface area contributed by atoms with Crippen LogP contribution in [0.4, 0.5) is 0 Å². The summed E-state index contributed by atoms with van der Waals surface area (Å²) in [7, 11) is -3.98. The van der Waals surface area contributed by atoms with E-state index >= 15 is 0 Å². The molecule has 0 aliphatic heterocycles. The molecule has 8 nitrogen and oxygen atoms in total. The molecule has 2 aromatic rings. The Bertz CT molecular complexity index is 896. The Balaban J connectivity index is 1.96. The van der Waals surface area contributed by atoms with Crippen molar-refractivity contribution in [2.75, 3.05) is 6.54 Å². The summed E-state index contributed by atoms with van der Waals surface area (Å²) in [5, 5.41) is 3.57. The third-order valence-corrected chi connectivity index (χ3v) is 5.30. The SMILES string of the molecule is Cc1ccc(C(=O)[C@H](C)OC(=O)CNS(=O)(=O)c2c(C)noc2C)cc1. The monoisotopic (exact) mass is 380 g/mol. The Morgan fingerprint density at radius 2 is 1.81 bits per heavy atom. The summed E-state index contributed by atoms with van der Waals surface area (Å²) in [5.74, 6) is -1.12. The maximum Gasteiger partial charge on any atom is 0.321 e. The van der Waals surface area contributed by atoms with Crippen molar-refractivity contribution in [3.63, 3.8) is 0 Å². The molecule has 140 valence electrons. The molecular formula is C17H20N2O6S. The Kier molecular flexibility index (Phi) is 5.94. The van der Waals surface area contributed by atoms with Crippen LogP contribution in [0.5, 0.6) is 0 Å². The van der Waals surface area contributed by atoms with Gasteiger partial charge < -0.3 is 9.26 Å². The lowest BCUT2D eigenvalue weighted by Gasteiger charge is -2.13. The number of carbonyl (C=O) groups is 2. The zero-order valence-electron chi connectivity index (χ0n) is 14.9. The average molecular weight is 380 g/mol. The lowest BCUT2D eigenvalue weighted by Crippen LogP contribution is -2.34. The Labute approximate surface area is 151 Å². The van der Waals surface area contributed by atoms with Gasteiger partial charge in [0, 0.05) is 5.56 Å². The van der Waals surface area contributed by atoms with Gasteiger partial charge in [-0.1, -0.05) is 35.0 Å². The highest BCUT2D eigenvalue weighted by molar-refractivity contribution is 7.89. The molecule has 0 saturated heterocycles. The third-order valence-electron chi connectivity index (χ3n) is 3.66. The van der Waals surface area contributed by atoms with E-state index in [1.807, 2.05) is 6.92 Å². The van der Waals surface area contributed by atoms with Gasteiger partial charge in [-0.25, -0.2) is 8.42 Å². The number of aryl methyl sites for hydroxylation is 3. The molecule has 1 N–H and O–H groups in total. The van der Waals surface area contributed by atoms with Crippen molar-refractivity contribution in [3.8, 4) is 0 Å². The third kappa shape index (κ3) is 4.55. The number of benzene rings is 1. The Morgan fingerprint density at radius 3 is 2.35 bits per heavy atom. The number of ether oxygens (including phenoxy) is 1. The number of nitrogens with zero attached hydrogens (tertiary/aromatic N) is 1. The highest BCUT2D eigenvalue weighted by Gasteiger charge is 2.26. The van der Waals surface area contributed by atoms with E-state index in [9.17, 15) is 18.0 Å². The topological polar surface area (TPSA) is 116 Å². The second kappa shape index (κ2) is 7.79. The van der Waals surface area contributed by atoms with Crippen LogP contribution in [0.25, 0.3) is 0 Å². The molecule has 1 heterocycles. The van der Waals surface area contributed by atoms with Crippen molar-refractivity contribution in [1.29, 1.82) is 0 Å². The van der Waals surface area contributed by atoms with Crippen LogP contribution in [-0.2, 0) is 19.6 Å². The van der Waals surface area contributed by atoms with Gasteiger partial charge in [-0.2, -0.15) is 4.72 Å². The van der Waals surface area contributed by atoms with Crippen LogP contribution in [0.1, 0.15) is 34.3 Å². The van der Waals surface area contributed by atoms with E-state index in [0.29, 0.717) is 5.56 Å². The molecule has 2 rings (SSSR count). The summed E-state index contributed by atoms with van der Waals surface area (Å²) >= 11 is 0. The number of nitrogens with one attached hydrogen (secondary N) is 1. The van der Waals surface area contributed by atoms with E-state index in [-0.39, 0.29) is 22.1 Å². The van der Waals surface area contributed by atoms with Gasteiger partial charge in [-0.3, -0.25) is 9.59 Å². The molecule has 0 aliphatic rings. The molecule has 0 aliphatic carbocycles. The first-order valence-corrected chi connectivity index (χ1v) is 9.33. The quantitative estimate of drug-likeness (QED) is 0.574. The molecule has 26 heavy (non-hydrogen) atoms. The standard InChI is InChI=1S/C17H20N2O6S/c1-10-5-7-14(8-6-10)16(21)12(3)24-15(20)9-18-26(22,23)17-11(2)19-25-13(17)4/h5-8,12,18H,9H2,1-4H3/t12-/m0/s1. The fraction of sp³-hybridized carbons (Fsp3) is 0.353. The van der Waals surface area contributed by atoms with Crippen LogP contribution in [0, 0.1) is 20.8 Å². The lowest BCUT2D eigenvalue weighted by molar-refractivity contribution is -0.144. The molecule has 0 unspecified atom stereocenters. The first-order chi connectivity index (χ1) is 12.1. The van der Waals surface area contributed by atoms with Crippen LogP contribution in [-0.4, -0.2) is 38.0 Å². The summed E-state index contributed by atoms with van der Waals surface area (Å²) in [6.45, 7) is 5.64. The molecule has 0 amide bonds. The van der Waals surface area contributed by atoms with Crippen molar-refractivity contribution in [1.82, 2.24) is 9.88 Å². The summed E-state index contributed by atoms with van der Waals surface area (Å²) in [6.07, 6.45) is -1.03. The maximum absolute atomic E-state index is 12.2. The fourth-order valence-electron chi connectivity index (χ4n) is 2.33. The minimum absolute atomic E-state index is 0.117. The first kappa shape index (κ1) is 19.8. The van der Waals surface area contributed by atoms with Crippen molar-refractivity contribution in [2.24, 2.45) is 0 Å². The summed E-state index contributed by atoms with van der Waals surface area (Å²) in [6, 6.07) is 6.84. The molecule has 0 bridgehead atoms. The van der Waals surface area contributed by atoms with Gasteiger partial charge in [0.15, 0.2) is 11.9 Å². The minimum Gasteiger partial charge on any atom is -0.453 e. The Morgan fingerprint density at radius 1 is 1.19 bits per heavy atom. The molecule has 0 radical (unpaired) electrons. The summed E-state index contributed by atoms with van der Waals surface area (Å²) < 4.78 is 36.4. The van der Waals surface area contributed by atoms with E-state index < -0.39 is 28.6 Å².